The first-order chi connectivity index (χ1) is 13.1. The molecule has 0 heterocycles. The topological polar surface area (TPSA) is 56.7 Å². The van der Waals surface area contributed by atoms with Crippen LogP contribution in [0, 0.1) is 0 Å². The van der Waals surface area contributed by atoms with Gasteiger partial charge in [0.2, 0.25) is 0 Å². The molecule has 0 aliphatic carbocycles. The minimum atomic E-state index is 0.0664. The average molecular weight is 387 g/mol. The molecule has 0 atom stereocenters. The van der Waals surface area contributed by atoms with E-state index in [4.69, 9.17) is 11.6 Å². The molecule has 0 fully saturated rings. The van der Waals surface area contributed by atoms with Crippen LogP contribution in [-0.4, -0.2) is 36.9 Å². The average Bonchev–Trinajstić information content (AvgIpc) is 2.70. The number of nitrogens with one attached hydrogen (secondary N) is 2. The van der Waals surface area contributed by atoms with E-state index in [1.54, 1.807) is 7.05 Å². The van der Waals surface area contributed by atoms with E-state index in [9.17, 15) is 4.79 Å². The molecule has 6 heteroatoms. The van der Waals surface area contributed by atoms with Crippen LogP contribution >= 0.6 is 11.6 Å². The lowest BCUT2D eigenvalue weighted by Gasteiger charge is -2.18. The van der Waals surface area contributed by atoms with Crippen molar-refractivity contribution >= 4 is 23.5 Å². The number of guanidine groups is 1. The van der Waals surface area contributed by atoms with Gasteiger partial charge in [0.05, 0.1) is 0 Å². The van der Waals surface area contributed by atoms with Crippen molar-refractivity contribution in [2.24, 2.45) is 4.99 Å². The molecule has 2 rings (SSSR count). The summed E-state index contributed by atoms with van der Waals surface area (Å²) in [5.74, 6) is 0.759. The number of hydrogen-bond donors (Lipinski definition) is 2. The summed E-state index contributed by atoms with van der Waals surface area (Å²) in [5, 5.41) is 7.25. The first kappa shape index (κ1) is 20.8. The monoisotopic (exact) mass is 386 g/mol. The lowest BCUT2D eigenvalue weighted by atomic mass is 10.1. The van der Waals surface area contributed by atoms with Crippen LogP contribution < -0.4 is 10.6 Å². The van der Waals surface area contributed by atoms with Crippen molar-refractivity contribution in [2.45, 2.75) is 26.9 Å². The second kappa shape index (κ2) is 10.6. The summed E-state index contributed by atoms with van der Waals surface area (Å²) in [5.41, 5.74) is 2.80. The largest absolute Gasteiger partial charge is 0.352 e. The van der Waals surface area contributed by atoms with Crippen molar-refractivity contribution in [2.75, 3.05) is 20.1 Å². The van der Waals surface area contributed by atoms with Gasteiger partial charge in [0.25, 0.3) is 5.91 Å². The van der Waals surface area contributed by atoms with Gasteiger partial charge >= 0.3 is 0 Å². The number of halogens is 1. The Morgan fingerprint density at radius 1 is 1.00 bits per heavy atom. The number of nitrogens with zero attached hydrogens (tertiary/aromatic N) is 2. The minimum absolute atomic E-state index is 0.0664. The number of rotatable bonds is 7. The normalized spacial score (nSPS) is 11.2. The van der Waals surface area contributed by atoms with Crippen LogP contribution in [0.3, 0.4) is 0 Å². The van der Waals surface area contributed by atoms with Crippen molar-refractivity contribution in [3.8, 4) is 0 Å². The predicted octanol–water partition coefficient (Wildman–Crippen LogP) is 3.69. The van der Waals surface area contributed by atoms with E-state index in [1.165, 1.54) is 0 Å². The van der Waals surface area contributed by atoms with Gasteiger partial charge in [0, 0.05) is 43.8 Å². The molecule has 0 aliphatic heterocycles. The SMILES string of the molecule is CCN(CC)C(=O)c1ccc(CNC(=NC)NCc2ccccc2Cl)cc1. The molecular weight excluding hydrogens is 360 g/mol. The fourth-order valence-electron chi connectivity index (χ4n) is 2.69. The first-order valence-corrected chi connectivity index (χ1v) is 9.53. The maximum absolute atomic E-state index is 12.3. The fraction of sp³-hybridized carbons (Fsp3) is 0.333. The van der Waals surface area contributed by atoms with E-state index in [1.807, 2.05) is 67.3 Å². The van der Waals surface area contributed by atoms with Crippen molar-refractivity contribution < 1.29 is 4.79 Å². The molecule has 5 nitrogen and oxygen atoms in total. The number of benzene rings is 2. The molecule has 0 unspecified atom stereocenters. The molecule has 0 aromatic heterocycles. The van der Waals surface area contributed by atoms with Crippen LogP contribution in [0.25, 0.3) is 0 Å². The number of carbonyl (C=O) groups is 1. The van der Waals surface area contributed by atoms with E-state index in [2.05, 4.69) is 15.6 Å². The molecule has 0 saturated carbocycles. The molecule has 2 aromatic carbocycles. The Labute approximate surface area is 166 Å². The summed E-state index contributed by atoms with van der Waals surface area (Å²) in [6, 6.07) is 15.4. The van der Waals surface area contributed by atoms with Crippen LogP contribution in [0.5, 0.6) is 0 Å². The van der Waals surface area contributed by atoms with Crippen molar-refractivity contribution in [1.82, 2.24) is 15.5 Å². The zero-order chi connectivity index (χ0) is 19.6. The van der Waals surface area contributed by atoms with Gasteiger partial charge in [-0.1, -0.05) is 41.9 Å². The van der Waals surface area contributed by atoms with Gasteiger partial charge in [0.1, 0.15) is 0 Å². The quantitative estimate of drug-likeness (QED) is 0.563. The summed E-state index contributed by atoms with van der Waals surface area (Å²) in [7, 11) is 1.73. The number of hydrogen-bond acceptors (Lipinski definition) is 2. The van der Waals surface area contributed by atoms with Crippen molar-refractivity contribution in [3.63, 3.8) is 0 Å². The number of amides is 1. The zero-order valence-corrected chi connectivity index (χ0v) is 16.9. The summed E-state index contributed by atoms with van der Waals surface area (Å²) in [4.78, 5) is 18.4. The van der Waals surface area contributed by atoms with Gasteiger partial charge in [0.15, 0.2) is 5.96 Å². The Balaban J connectivity index is 1.89. The zero-order valence-electron chi connectivity index (χ0n) is 16.1. The molecule has 1 amide bonds. The van der Waals surface area contributed by atoms with Gasteiger partial charge < -0.3 is 15.5 Å². The second-order valence-corrected chi connectivity index (χ2v) is 6.45. The number of carbonyl (C=O) groups excluding carboxylic acids is 1. The van der Waals surface area contributed by atoms with Crippen LogP contribution in [0.15, 0.2) is 53.5 Å². The molecule has 0 saturated heterocycles. The highest BCUT2D eigenvalue weighted by Gasteiger charge is 2.11. The lowest BCUT2D eigenvalue weighted by molar-refractivity contribution is 0.0773. The third kappa shape index (κ3) is 6.00. The van der Waals surface area contributed by atoms with Gasteiger partial charge in [-0.3, -0.25) is 9.79 Å². The van der Waals surface area contributed by atoms with Gasteiger partial charge in [-0.05, 0) is 43.2 Å². The molecule has 0 aliphatic rings. The Kier molecular flexibility index (Phi) is 8.14. The molecule has 144 valence electrons. The summed E-state index contributed by atoms with van der Waals surface area (Å²) in [6.07, 6.45) is 0. The third-order valence-corrected chi connectivity index (χ3v) is 4.71. The maximum atomic E-state index is 12.3. The third-order valence-electron chi connectivity index (χ3n) is 4.34. The Morgan fingerprint density at radius 2 is 1.63 bits per heavy atom. The summed E-state index contributed by atoms with van der Waals surface area (Å²) >= 11 is 6.18. The lowest BCUT2D eigenvalue weighted by Crippen LogP contribution is -2.36. The van der Waals surface area contributed by atoms with Crippen LogP contribution in [-0.2, 0) is 13.1 Å². The maximum Gasteiger partial charge on any atom is 0.253 e. The van der Waals surface area contributed by atoms with E-state index in [0.717, 1.165) is 16.1 Å². The van der Waals surface area contributed by atoms with Gasteiger partial charge in [-0.2, -0.15) is 0 Å². The van der Waals surface area contributed by atoms with E-state index >= 15 is 0 Å². The smallest absolute Gasteiger partial charge is 0.253 e. The van der Waals surface area contributed by atoms with Crippen molar-refractivity contribution in [1.29, 1.82) is 0 Å². The molecule has 2 aromatic rings. The van der Waals surface area contributed by atoms with E-state index in [-0.39, 0.29) is 5.91 Å². The molecule has 27 heavy (non-hydrogen) atoms. The summed E-state index contributed by atoms with van der Waals surface area (Å²) < 4.78 is 0. The highest BCUT2D eigenvalue weighted by molar-refractivity contribution is 6.31. The summed E-state index contributed by atoms with van der Waals surface area (Å²) in [6.45, 7) is 6.61. The van der Waals surface area contributed by atoms with Gasteiger partial charge in [-0.15, -0.1) is 0 Å². The van der Waals surface area contributed by atoms with E-state index < -0.39 is 0 Å². The van der Waals surface area contributed by atoms with Crippen LogP contribution in [0.2, 0.25) is 5.02 Å². The standard InChI is InChI=1S/C21H27ClN4O/c1-4-26(5-2)20(27)17-12-10-16(11-13-17)14-24-21(23-3)25-15-18-8-6-7-9-19(18)22/h6-13H,4-5,14-15H2,1-3H3,(H2,23,24,25). The van der Waals surface area contributed by atoms with Crippen molar-refractivity contribution in [3.05, 3.63) is 70.2 Å². The van der Waals surface area contributed by atoms with Crippen LogP contribution in [0.1, 0.15) is 35.3 Å². The first-order valence-electron chi connectivity index (χ1n) is 9.15. The minimum Gasteiger partial charge on any atom is -0.352 e. The fourth-order valence-corrected chi connectivity index (χ4v) is 2.89. The molecular formula is C21H27ClN4O. The Morgan fingerprint density at radius 3 is 2.22 bits per heavy atom. The molecule has 0 bridgehead atoms. The van der Waals surface area contributed by atoms with E-state index in [0.29, 0.717) is 37.7 Å². The Bertz CT molecular complexity index is 770. The molecule has 2 N–H and O–H groups in total. The second-order valence-electron chi connectivity index (χ2n) is 6.05. The van der Waals surface area contributed by atoms with Gasteiger partial charge in [-0.25, -0.2) is 0 Å². The molecule has 0 radical (unpaired) electrons. The highest BCUT2D eigenvalue weighted by Crippen LogP contribution is 2.14. The highest BCUT2D eigenvalue weighted by atomic mass is 35.5. The van der Waals surface area contributed by atoms with Crippen LogP contribution in [0.4, 0.5) is 0 Å². The Hall–Kier alpha value is -2.53. The molecule has 0 spiro atoms. The number of aliphatic imine (C=N–C) groups is 1. The predicted molar refractivity (Wildman–Crippen MR) is 112 cm³/mol.